The zero-order valence-electron chi connectivity index (χ0n) is 18.1. The Kier molecular flexibility index (Phi) is 7.60. The van der Waals surface area contributed by atoms with Crippen molar-refractivity contribution in [3.05, 3.63) is 68.2 Å². The molecule has 1 saturated heterocycles. The van der Waals surface area contributed by atoms with Gasteiger partial charge in [-0.25, -0.2) is 13.1 Å². The molecule has 2 aromatic rings. The monoisotopic (exact) mass is 511 g/mol. The Bertz CT molecular complexity index is 1100. The molecule has 33 heavy (non-hydrogen) atoms. The topological polar surface area (TPSA) is 92.5 Å². The van der Waals surface area contributed by atoms with Crippen molar-refractivity contribution in [2.45, 2.75) is 55.5 Å². The molecular weight excluding hydrogens is 485 g/mol. The number of hydrogen-bond donors (Lipinski definition) is 1. The van der Waals surface area contributed by atoms with Crippen molar-refractivity contribution in [3.8, 4) is 0 Å². The number of nitrogens with zero attached hydrogens (tertiary/aromatic N) is 2. The van der Waals surface area contributed by atoms with Crippen molar-refractivity contribution >= 4 is 38.9 Å². The van der Waals surface area contributed by atoms with E-state index in [9.17, 15) is 18.5 Å². The molecular formula is C23H27Cl2N3O4S. The van der Waals surface area contributed by atoms with Crippen LogP contribution in [0.3, 0.4) is 0 Å². The third-order valence-electron chi connectivity index (χ3n) is 6.77. The molecule has 0 bridgehead atoms. The molecule has 0 spiro atoms. The zero-order chi connectivity index (χ0) is 23.6. The minimum Gasteiger partial charge on any atom is -0.299 e. The summed E-state index contributed by atoms with van der Waals surface area (Å²) in [6, 6.07) is 11.5. The average molecular weight is 512 g/mol. The Balaban J connectivity index is 1.38. The van der Waals surface area contributed by atoms with Gasteiger partial charge in [-0.1, -0.05) is 41.8 Å². The lowest BCUT2D eigenvalue weighted by Crippen LogP contribution is -2.51. The van der Waals surface area contributed by atoms with E-state index in [1.54, 1.807) is 0 Å². The van der Waals surface area contributed by atoms with Crippen LogP contribution in [-0.2, 0) is 16.4 Å². The lowest BCUT2D eigenvalue weighted by atomic mass is 9.89. The summed E-state index contributed by atoms with van der Waals surface area (Å²) in [5, 5.41) is 11.8. The number of hydrogen-bond acceptors (Lipinski definition) is 5. The summed E-state index contributed by atoms with van der Waals surface area (Å²) >= 11 is 11.8. The average Bonchev–Trinajstić information content (AvgIpc) is 3.23. The van der Waals surface area contributed by atoms with Gasteiger partial charge in [0.05, 0.1) is 9.82 Å². The molecule has 7 nitrogen and oxygen atoms in total. The van der Waals surface area contributed by atoms with E-state index in [0.717, 1.165) is 62.7 Å². The third kappa shape index (κ3) is 5.87. The molecule has 2 atom stereocenters. The number of nitro benzene ring substituents is 1. The molecule has 0 unspecified atom stereocenters. The van der Waals surface area contributed by atoms with Gasteiger partial charge < -0.3 is 0 Å². The Morgan fingerprint density at radius 3 is 2.39 bits per heavy atom. The Hall–Kier alpha value is -1.71. The molecule has 2 aliphatic rings. The predicted octanol–water partition coefficient (Wildman–Crippen LogP) is 5.06. The number of sulfonamides is 1. The standard InChI is InChI=1S/C23H27Cl2N3O4S/c24-18-6-4-16(5-7-18)14-17-10-12-27(13-11-17)22-3-1-2-21(22)26-33(31,32)19-8-9-20(25)23(15-19)28(29)30/h4-9,15,17,21-22,26H,1-3,10-14H2/t21-,22-/m1/s1. The number of benzene rings is 2. The van der Waals surface area contributed by atoms with Crippen LogP contribution >= 0.6 is 23.2 Å². The first-order chi connectivity index (χ1) is 15.7. The van der Waals surface area contributed by atoms with Crippen molar-refractivity contribution in [2.24, 2.45) is 5.92 Å². The highest BCUT2D eigenvalue weighted by molar-refractivity contribution is 7.89. The Labute approximate surface area is 204 Å². The number of nitro groups is 1. The van der Waals surface area contributed by atoms with Crippen LogP contribution in [0.2, 0.25) is 10.0 Å². The maximum absolute atomic E-state index is 13.0. The second-order valence-electron chi connectivity index (χ2n) is 8.91. The lowest BCUT2D eigenvalue weighted by Gasteiger charge is -2.38. The maximum Gasteiger partial charge on any atom is 0.289 e. The molecule has 2 aromatic carbocycles. The molecule has 0 amide bonds. The van der Waals surface area contributed by atoms with Crippen LogP contribution in [-0.4, -0.2) is 43.4 Å². The van der Waals surface area contributed by atoms with Crippen molar-refractivity contribution in [3.63, 3.8) is 0 Å². The van der Waals surface area contributed by atoms with Crippen LogP contribution in [0.1, 0.15) is 37.7 Å². The van der Waals surface area contributed by atoms with Gasteiger partial charge in [-0.05, 0) is 80.9 Å². The van der Waals surface area contributed by atoms with Crippen LogP contribution in [0, 0.1) is 16.0 Å². The first-order valence-corrected chi connectivity index (χ1v) is 13.4. The van der Waals surface area contributed by atoms with Crippen LogP contribution < -0.4 is 4.72 Å². The summed E-state index contributed by atoms with van der Waals surface area (Å²) < 4.78 is 28.8. The van der Waals surface area contributed by atoms with Gasteiger partial charge >= 0.3 is 0 Å². The number of halogens is 2. The summed E-state index contributed by atoms with van der Waals surface area (Å²) in [4.78, 5) is 12.8. The SMILES string of the molecule is O=[N+]([O-])c1cc(S(=O)(=O)N[C@@H]2CCC[C@H]2N2CCC(Cc3ccc(Cl)cc3)CC2)ccc1Cl. The quantitative estimate of drug-likeness (QED) is 0.414. The highest BCUT2D eigenvalue weighted by Crippen LogP contribution is 2.32. The van der Waals surface area contributed by atoms with Crippen molar-refractivity contribution in [2.75, 3.05) is 13.1 Å². The minimum atomic E-state index is -3.89. The number of likely N-dealkylation sites (tertiary alicyclic amines) is 1. The molecule has 2 fully saturated rings. The minimum absolute atomic E-state index is 0.0841. The second-order valence-corrected chi connectivity index (χ2v) is 11.5. The van der Waals surface area contributed by atoms with Crippen LogP contribution in [0.25, 0.3) is 0 Å². The van der Waals surface area contributed by atoms with E-state index >= 15 is 0 Å². The fourth-order valence-corrected chi connectivity index (χ4v) is 6.66. The van der Waals surface area contributed by atoms with Gasteiger partial charge in [0.2, 0.25) is 10.0 Å². The van der Waals surface area contributed by atoms with Gasteiger partial charge in [0.25, 0.3) is 5.69 Å². The molecule has 0 aromatic heterocycles. The highest BCUT2D eigenvalue weighted by atomic mass is 35.5. The van der Waals surface area contributed by atoms with E-state index in [1.807, 2.05) is 12.1 Å². The molecule has 4 rings (SSSR count). The van der Waals surface area contributed by atoms with Crippen LogP contribution in [0.15, 0.2) is 47.4 Å². The second kappa shape index (κ2) is 10.3. The zero-order valence-corrected chi connectivity index (χ0v) is 20.5. The summed E-state index contributed by atoms with van der Waals surface area (Å²) in [5.74, 6) is 0.605. The number of rotatable bonds is 7. The Morgan fingerprint density at radius 2 is 1.73 bits per heavy atom. The molecule has 1 N–H and O–H groups in total. The van der Waals surface area contributed by atoms with Crippen molar-refractivity contribution in [1.29, 1.82) is 0 Å². The first-order valence-electron chi connectivity index (χ1n) is 11.2. The maximum atomic E-state index is 13.0. The van der Waals surface area contributed by atoms with Gasteiger partial charge in [0.1, 0.15) is 5.02 Å². The summed E-state index contributed by atoms with van der Waals surface area (Å²) in [5.41, 5.74) is 0.881. The normalized spacial score (nSPS) is 22.5. The van der Waals surface area contributed by atoms with E-state index < -0.39 is 20.6 Å². The van der Waals surface area contributed by atoms with Gasteiger partial charge in [-0.3, -0.25) is 15.0 Å². The van der Waals surface area contributed by atoms with Gasteiger partial charge in [-0.2, -0.15) is 0 Å². The summed E-state index contributed by atoms with van der Waals surface area (Å²) in [6.45, 7) is 1.88. The molecule has 1 aliphatic heterocycles. The van der Waals surface area contributed by atoms with Crippen LogP contribution in [0.4, 0.5) is 5.69 Å². The van der Waals surface area contributed by atoms with Crippen LogP contribution in [0.5, 0.6) is 0 Å². The first kappa shape index (κ1) is 24.4. The van der Waals surface area contributed by atoms with Crippen molar-refractivity contribution < 1.29 is 13.3 Å². The fourth-order valence-electron chi connectivity index (χ4n) is 5.02. The number of piperidine rings is 1. The molecule has 1 heterocycles. The molecule has 178 valence electrons. The van der Waals surface area contributed by atoms with Gasteiger partial charge in [0.15, 0.2) is 0 Å². The largest absolute Gasteiger partial charge is 0.299 e. The fraction of sp³-hybridized carbons (Fsp3) is 0.478. The van der Waals surface area contributed by atoms with Gasteiger partial charge in [-0.15, -0.1) is 0 Å². The van der Waals surface area contributed by atoms with E-state index in [1.165, 1.54) is 17.7 Å². The summed E-state index contributed by atoms with van der Waals surface area (Å²) in [7, 11) is -3.89. The molecule has 0 radical (unpaired) electrons. The number of nitrogens with one attached hydrogen (secondary N) is 1. The van der Waals surface area contributed by atoms with E-state index in [2.05, 4.69) is 21.8 Å². The Morgan fingerprint density at radius 1 is 1.03 bits per heavy atom. The smallest absolute Gasteiger partial charge is 0.289 e. The molecule has 10 heteroatoms. The van der Waals surface area contributed by atoms with E-state index in [4.69, 9.17) is 23.2 Å². The highest BCUT2D eigenvalue weighted by Gasteiger charge is 2.37. The van der Waals surface area contributed by atoms with Gasteiger partial charge in [0, 0.05) is 23.2 Å². The van der Waals surface area contributed by atoms with E-state index in [0.29, 0.717) is 5.92 Å². The molecule has 1 aliphatic carbocycles. The summed E-state index contributed by atoms with van der Waals surface area (Å²) in [6.07, 6.45) is 5.81. The predicted molar refractivity (Wildman–Crippen MR) is 129 cm³/mol. The third-order valence-corrected chi connectivity index (χ3v) is 8.83. The molecule has 1 saturated carbocycles. The van der Waals surface area contributed by atoms with E-state index in [-0.39, 0.29) is 22.0 Å². The van der Waals surface area contributed by atoms with Crippen molar-refractivity contribution in [1.82, 2.24) is 9.62 Å². The lowest BCUT2D eigenvalue weighted by molar-refractivity contribution is -0.384.